The summed E-state index contributed by atoms with van der Waals surface area (Å²) in [5.74, 6) is -0.803. The van der Waals surface area contributed by atoms with Gasteiger partial charge < -0.3 is 9.88 Å². The van der Waals surface area contributed by atoms with E-state index in [-0.39, 0.29) is 18.2 Å². The highest BCUT2D eigenvalue weighted by Crippen LogP contribution is 2.32. The normalized spacial score (nSPS) is 15.6. The van der Waals surface area contributed by atoms with Crippen molar-refractivity contribution in [2.45, 2.75) is 31.6 Å². The van der Waals surface area contributed by atoms with Crippen LogP contribution in [0.15, 0.2) is 66.7 Å². The fourth-order valence-electron chi connectivity index (χ4n) is 3.81. The third kappa shape index (κ3) is 3.87. The van der Waals surface area contributed by atoms with E-state index in [0.29, 0.717) is 29.8 Å². The van der Waals surface area contributed by atoms with Crippen molar-refractivity contribution < 1.29 is 22.8 Å². The summed E-state index contributed by atoms with van der Waals surface area (Å²) >= 11 is 0. The quantitative estimate of drug-likeness (QED) is 0.626. The van der Waals surface area contributed by atoms with E-state index in [9.17, 15) is 22.8 Å². The molecule has 0 bridgehead atoms. The SMILES string of the molecule is O=C(c1ccccc1)c1ccc2n1CCC2C(=O)NCc1cccc(C(F)(F)F)c1. The van der Waals surface area contributed by atoms with E-state index in [0.717, 1.165) is 17.8 Å². The Morgan fingerprint density at radius 1 is 1.00 bits per heavy atom. The molecule has 30 heavy (non-hydrogen) atoms. The van der Waals surface area contributed by atoms with E-state index >= 15 is 0 Å². The van der Waals surface area contributed by atoms with Crippen LogP contribution in [0, 0.1) is 0 Å². The van der Waals surface area contributed by atoms with Crippen molar-refractivity contribution in [2.24, 2.45) is 0 Å². The van der Waals surface area contributed by atoms with Gasteiger partial charge in [0.25, 0.3) is 0 Å². The number of hydrogen-bond donors (Lipinski definition) is 1. The van der Waals surface area contributed by atoms with Crippen LogP contribution in [0.3, 0.4) is 0 Å². The van der Waals surface area contributed by atoms with Gasteiger partial charge in [-0.25, -0.2) is 0 Å². The number of alkyl halides is 3. The maximum Gasteiger partial charge on any atom is 0.416 e. The minimum Gasteiger partial charge on any atom is -0.351 e. The van der Waals surface area contributed by atoms with E-state index in [1.54, 1.807) is 42.5 Å². The van der Waals surface area contributed by atoms with E-state index in [1.165, 1.54) is 6.07 Å². The molecule has 154 valence electrons. The van der Waals surface area contributed by atoms with Crippen molar-refractivity contribution in [1.82, 2.24) is 9.88 Å². The highest BCUT2D eigenvalue weighted by molar-refractivity contribution is 6.08. The molecule has 4 nitrogen and oxygen atoms in total. The van der Waals surface area contributed by atoms with Crippen LogP contribution in [0.1, 0.15) is 45.2 Å². The average molecular weight is 412 g/mol. The summed E-state index contributed by atoms with van der Waals surface area (Å²) in [6, 6.07) is 17.3. The van der Waals surface area contributed by atoms with Gasteiger partial charge in [-0.15, -0.1) is 0 Å². The molecule has 1 amide bonds. The Hall–Kier alpha value is -3.35. The second-order valence-corrected chi connectivity index (χ2v) is 7.25. The maximum absolute atomic E-state index is 12.9. The smallest absolute Gasteiger partial charge is 0.351 e. The summed E-state index contributed by atoms with van der Waals surface area (Å²) in [5.41, 5.74) is 1.50. The topological polar surface area (TPSA) is 51.1 Å². The molecule has 4 rings (SSSR count). The molecule has 0 spiro atoms. The Balaban J connectivity index is 1.46. The number of aromatic nitrogens is 1. The monoisotopic (exact) mass is 412 g/mol. The van der Waals surface area contributed by atoms with Gasteiger partial charge in [-0.05, 0) is 36.2 Å². The van der Waals surface area contributed by atoms with Gasteiger partial charge in [-0.1, -0.05) is 42.5 Å². The minimum absolute atomic E-state index is 0.00969. The van der Waals surface area contributed by atoms with Crippen LogP contribution in [-0.4, -0.2) is 16.3 Å². The average Bonchev–Trinajstić information content (AvgIpc) is 3.34. The lowest BCUT2D eigenvalue weighted by molar-refractivity contribution is -0.137. The van der Waals surface area contributed by atoms with Gasteiger partial charge in [0.1, 0.15) is 0 Å². The number of ketones is 1. The van der Waals surface area contributed by atoms with Crippen LogP contribution in [0.4, 0.5) is 13.2 Å². The number of amides is 1. The van der Waals surface area contributed by atoms with Crippen LogP contribution in [-0.2, 0) is 24.1 Å². The molecular formula is C23H19F3N2O2. The predicted octanol–water partition coefficient (Wildman–Crippen LogP) is 4.54. The minimum atomic E-state index is -4.42. The Bertz CT molecular complexity index is 1090. The number of nitrogens with one attached hydrogen (secondary N) is 1. The number of benzene rings is 2. The van der Waals surface area contributed by atoms with Crippen molar-refractivity contribution in [2.75, 3.05) is 0 Å². The first kappa shape index (κ1) is 19.9. The van der Waals surface area contributed by atoms with E-state index in [4.69, 9.17) is 0 Å². The van der Waals surface area contributed by atoms with Gasteiger partial charge in [0.05, 0.1) is 17.2 Å². The van der Waals surface area contributed by atoms with Gasteiger partial charge in [-0.2, -0.15) is 13.2 Å². The molecule has 0 fully saturated rings. The molecule has 3 aromatic rings. The second kappa shape index (κ2) is 7.82. The van der Waals surface area contributed by atoms with Crippen molar-refractivity contribution >= 4 is 11.7 Å². The molecule has 1 aliphatic rings. The molecule has 1 aliphatic heterocycles. The van der Waals surface area contributed by atoms with Gasteiger partial charge in [0.15, 0.2) is 0 Å². The lowest BCUT2D eigenvalue weighted by Crippen LogP contribution is -2.28. The Morgan fingerprint density at radius 2 is 1.77 bits per heavy atom. The molecule has 0 aliphatic carbocycles. The molecule has 0 saturated heterocycles. The Kier molecular flexibility index (Phi) is 5.20. The van der Waals surface area contributed by atoms with Gasteiger partial charge in [0, 0.05) is 24.3 Å². The standard InChI is InChI=1S/C23H19F3N2O2/c24-23(25,26)17-8-4-5-15(13-17)14-27-22(30)18-11-12-28-19(18)9-10-20(28)21(29)16-6-2-1-3-7-16/h1-10,13,18H,11-12,14H2,(H,27,30). The predicted molar refractivity (Wildman–Crippen MR) is 105 cm³/mol. The lowest BCUT2D eigenvalue weighted by Gasteiger charge is -2.12. The molecule has 0 saturated carbocycles. The van der Waals surface area contributed by atoms with E-state index in [1.807, 2.05) is 10.6 Å². The lowest BCUT2D eigenvalue weighted by atomic mass is 10.0. The molecule has 7 heteroatoms. The zero-order valence-corrected chi connectivity index (χ0v) is 15.9. The largest absolute Gasteiger partial charge is 0.416 e. The maximum atomic E-state index is 12.9. The van der Waals surface area contributed by atoms with Gasteiger partial charge in [0.2, 0.25) is 11.7 Å². The molecule has 1 atom stereocenters. The number of carbonyl (C=O) groups is 2. The molecule has 2 heterocycles. The zero-order chi connectivity index (χ0) is 21.3. The first-order chi connectivity index (χ1) is 14.3. The third-order valence-corrected chi connectivity index (χ3v) is 5.32. The van der Waals surface area contributed by atoms with Crippen LogP contribution in [0.5, 0.6) is 0 Å². The number of halogens is 3. The number of rotatable bonds is 5. The first-order valence-electron chi connectivity index (χ1n) is 9.57. The fourth-order valence-corrected chi connectivity index (χ4v) is 3.81. The van der Waals surface area contributed by atoms with Crippen molar-refractivity contribution in [3.63, 3.8) is 0 Å². The molecule has 1 aromatic heterocycles. The number of nitrogens with zero attached hydrogens (tertiary/aromatic N) is 1. The number of fused-ring (bicyclic) bond motifs is 1. The van der Waals surface area contributed by atoms with Crippen molar-refractivity contribution in [3.05, 3.63) is 94.8 Å². The van der Waals surface area contributed by atoms with Crippen LogP contribution >= 0.6 is 0 Å². The highest BCUT2D eigenvalue weighted by atomic mass is 19.4. The summed E-state index contributed by atoms with van der Waals surface area (Å²) in [6.07, 6.45) is -3.88. The summed E-state index contributed by atoms with van der Waals surface area (Å²) < 4.78 is 40.4. The number of hydrogen-bond acceptors (Lipinski definition) is 2. The first-order valence-corrected chi connectivity index (χ1v) is 9.57. The van der Waals surface area contributed by atoms with Crippen molar-refractivity contribution in [3.8, 4) is 0 Å². The molecule has 1 N–H and O–H groups in total. The van der Waals surface area contributed by atoms with E-state index in [2.05, 4.69) is 5.32 Å². The Morgan fingerprint density at radius 3 is 2.50 bits per heavy atom. The van der Waals surface area contributed by atoms with Crippen LogP contribution in [0.25, 0.3) is 0 Å². The summed E-state index contributed by atoms with van der Waals surface area (Å²) in [7, 11) is 0. The molecule has 1 unspecified atom stereocenters. The van der Waals surface area contributed by atoms with Crippen LogP contribution in [0.2, 0.25) is 0 Å². The molecular weight excluding hydrogens is 393 g/mol. The van der Waals surface area contributed by atoms with Crippen LogP contribution < -0.4 is 5.32 Å². The summed E-state index contributed by atoms with van der Waals surface area (Å²) in [5, 5.41) is 2.73. The Labute approximate surface area is 171 Å². The molecule has 2 aromatic carbocycles. The number of carbonyl (C=O) groups excluding carboxylic acids is 2. The summed E-state index contributed by atoms with van der Waals surface area (Å²) in [6.45, 7) is 0.549. The third-order valence-electron chi connectivity index (χ3n) is 5.32. The van der Waals surface area contributed by atoms with Gasteiger partial charge >= 0.3 is 6.18 Å². The highest BCUT2D eigenvalue weighted by Gasteiger charge is 2.32. The van der Waals surface area contributed by atoms with Gasteiger partial charge in [-0.3, -0.25) is 9.59 Å². The van der Waals surface area contributed by atoms with Crippen molar-refractivity contribution in [1.29, 1.82) is 0 Å². The summed E-state index contributed by atoms with van der Waals surface area (Å²) in [4.78, 5) is 25.4. The zero-order valence-electron chi connectivity index (χ0n) is 15.9. The molecule has 0 radical (unpaired) electrons. The fraction of sp³-hybridized carbons (Fsp3) is 0.217. The van der Waals surface area contributed by atoms with E-state index < -0.39 is 17.7 Å². The second-order valence-electron chi connectivity index (χ2n) is 7.25.